The van der Waals surface area contributed by atoms with Gasteiger partial charge in [0.25, 0.3) is 0 Å². The Hall–Kier alpha value is -1.99. The first-order valence-electron chi connectivity index (χ1n) is 8.48. The Labute approximate surface area is 142 Å². The van der Waals surface area contributed by atoms with Crippen LogP contribution in [0, 0.1) is 0 Å². The van der Waals surface area contributed by atoms with Crippen LogP contribution >= 0.6 is 0 Å². The zero-order valence-electron chi connectivity index (χ0n) is 14.3. The Morgan fingerprint density at radius 3 is 2.88 bits per heavy atom. The highest BCUT2D eigenvalue weighted by atomic mass is 16.5. The zero-order valence-corrected chi connectivity index (χ0v) is 14.3. The van der Waals surface area contributed by atoms with Crippen LogP contribution in [0.1, 0.15) is 18.7 Å². The van der Waals surface area contributed by atoms with Crippen molar-refractivity contribution in [3.8, 4) is 0 Å². The van der Waals surface area contributed by atoms with Crippen molar-refractivity contribution in [3.05, 3.63) is 36.7 Å². The van der Waals surface area contributed by atoms with Gasteiger partial charge in [-0.15, -0.1) is 0 Å². The number of nitrogens with zero attached hydrogens (tertiary/aromatic N) is 6. The highest BCUT2D eigenvalue weighted by Gasteiger charge is 2.46. The lowest BCUT2D eigenvalue weighted by molar-refractivity contribution is 0.0116. The lowest BCUT2D eigenvalue weighted by atomic mass is 9.97. The fourth-order valence-corrected chi connectivity index (χ4v) is 3.80. The van der Waals surface area contributed by atoms with Gasteiger partial charge >= 0.3 is 0 Å². The summed E-state index contributed by atoms with van der Waals surface area (Å²) < 4.78 is 8.36. The molecule has 7 nitrogen and oxygen atoms in total. The van der Waals surface area contributed by atoms with Crippen LogP contribution in [0.15, 0.2) is 30.9 Å². The minimum Gasteiger partial charge on any atom is -0.371 e. The Bertz CT molecular complexity index is 689. The van der Waals surface area contributed by atoms with Crippen LogP contribution < -0.4 is 4.90 Å². The molecule has 2 aromatic heterocycles. The Kier molecular flexibility index (Phi) is 3.97. The molecule has 128 valence electrons. The number of likely N-dealkylation sites (N-methyl/N-ethyl adjacent to an activating group) is 1. The maximum absolute atomic E-state index is 6.27. The van der Waals surface area contributed by atoms with E-state index in [0.29, 0.717) is 6.04 Å². The van der Waals surface area contributed by atoms with E-state index in [2.05, 4.69) is 36.4 Å². The number of aryl methyl sites for hydroxylation is 1. The highest BCUT2D eigenvalue weighted by molar-refractivity contribution is 5.30. The molecule has 0 unspecified atom stereocenters. The predicted molar refractivity (Wildman–Crippen MR) is 90.6 cm³/mol. The lowest BCUT2D eigenvalue weighted by Gasteiger charge is -2.26. The third-order valence-electron chi connectivity index (χ3n) is 5.29. The third-order valence-corrected chi connectivity index (χ3v) is 5.29. The van der Waals surface area contributed by atoms with E-state index in [4.69, 9.17) is 4.74 Å². The first-order valence-corrected chi connectivity index (χ1v) is 8.48. The molecular weight excluding hydrogens is 304 g/mol. The van der Waals surface area contributed by atoms with Crippen LogP contribution in [0.5, 0.6) is 0 Å². The quantitative estimate of drug-likeness (QED) is 0.837. The van der Waals surface area contributed by atoms with E-state index in [9.17, 15) is 0 Å². The summed E-state index contributed by atoms with van der Waals surface area (Å²) in [4.78, 5) is 17.7. The van der Waals surface area contributed by atoms with Crippen molar-refractivity contribution in [1.29, 1.82) is 0 Å². The summed E-state index contributed by atoms with van der Waals surface area (Å²) in [6.07, 6.45) is 9.54. The largest absolute Gasteiger partial charge is 0.371 e. The number of imidazole rings is 1. The molecule has 1 spiro atoms. The van der Waals surface area contributed by atoms with E-state index in [1.807, 2.05) is 25.5 Å². The predicted octanol–water partition coefficient (Wildman–Crippen LogP) is 1.08. The number of rotatable bonds is 4. The summed E-state index contributed by atoms with van der Waals surface area (Å²) in [6, 6.07) is 2.18. The van der Waals surface area contributed by atoms with Crippen molar-refractivity contribution in [2.24, 2.45) is 7.05 Å². The van der Waals surface area contributed by atoms with Gasteiger partial charge < -0.3 is 14.2 Å². The second-order valence-corrected chi connectivity index (χ2v) is 6.93. The number of hydrogen-bond acceptors (Lipinski definition) is 6. The van der Waals surface area contributed by atoms with E-state index < -0.39 is 0 Å². The van der Waals surface area contributed by atoms with Crippen LogP contribution in [0.25, 0.3) is 0 Å². The van der Waals surface area contributed by atoms with Crippen molar-refractivity contribution < 1.29 is 4.74 Å². The Morgan fingerprint density at radius 2 is 2.12 bits per heavy atom. The van der Waals surface area contributed by atoms with Crippen molar-refractivity contribution in [1.82, 2.24) is 24.4 Å². The number of aromatic nitrogens is 4. The average molecular weight is 328 g/mol. The molecule has 2 aliphatic heterocycles. The number of hydrogen-bond donors (Lipinski definition) is 0. The molecule has 0 N–H and O–H groups in total. The summed E-state index contributed by atoms with van der Waals surface area (Å²) in [5, 5.41) is 0. The van der Waals surface area contributed by atoms with Gasteiger partial charge in [0.2, 0.25) is 5.95 Å². The van der Waals surface area contributed by atoms with Crippen LogP contribution in [0.4, 0.5) is 5.95 Å². The summed E-state index contributed by atoms with van der Waals surface area (Å²) in [5.41, 5.74) is -0.0289. The SMILES string of the molecule is CN(c1ncccn1)[C@H]1CO[C@@]2(CCN(Cc3nccn3C)C2)C1. The number of likely N-dealkylation sites (tertiary alicyclic amines) is 1. The summed E-state index contributed by atoms with van der Waals surface area (Å²) in [6.45, 7) is 3.66. The molecule has 0 aliphatic carbocycles. The molecule has 2 aliphatic rings. The second kappa shape index (κ2) is 6.14. The molecule has 0 saturated carbocycles. The van der Waals surface area contributed by atoms with Crippen molar-refractivity contribution in [2.75, 3.05) is 31.6 Å². The van der Waals surface area contributed by atoms with Gasteiger partial charge in [-0.25, -0.2) is 15.0 Å². The zero-order chi connectivity index (χ0) is 16.6. The molecule has 2 saturated heterocycles. The minimum atomic E-state index is -0.0289. The topological polar surface area (TPSA) is 59.3 Å². The lowest BCUT2D eigenvalue weighted by Crippen LogP contribution is -2.37. The normalized spacial score (nSPS) is 27.2. The molecule has 2 fully saturated rings. The summed E-state index contributed by atoms with van der Waals surface area (Å²) >= 11 is 0. The third kappa shape index (κ3) is 2.89. The molecule has 4 heterocycles. The molecule has 0 aromatic carbocycles. The van der Waals surface area contributed by atoms with E-state index >= 15 is 0 Å². The van der Waals surface area contributed by atoms with E-state index in [1.54, 1.807) is 12.4 Å². The van der Waals surface area contributed by atoms with Gasteiger partial charge in [-0.2, -0.15) is 0 Å². The Morgan fingerprint density at radius 1 is 1.29 bits per heavy atom. The molecule has 2 aromatic rings. The van der Waals surface area contributed by atoms with Gasteiger partial charge in [0, 0.05) is 58.4 Å². The molecule has 0 amide bonds. The van der Waals surface area contributed by atoms with Gasteiger partial charge in [0.1, 0.15) is 5.82 Å². The van der Waals surface area contributed by atoms with E-state index in [1.165, 1.54) is 0 Å². The Balaban J connectivity index is 1.39. The van der Waals surface area contributed by atoms with Crippen molar-refractivity contribution in [2.45, 2.75) is 31.0 Å². The molecule has 0 bridgehead atoms. The molecular formula is C17H24N6O. The summed E-state index contributed by atoms with van der Waals surface area (Å²) in [7, 11) is 4.11. The van der Waals surface area contributed by atoms with Crippen LogP contribution in [0.3, 0.4) is 0 Å². The molecule has 2 atom stereocenters. The van der Waals surface area contributed by atoms with Crippen LogP contribution in [0.2, 0.25) is 0 Å². The van der Waals surface area contributed by atoms with Crippen LogP contribution in [-0.4, -0.2) is 62.8 Å². The standard InChI is InChI=1S/C17H24N6O/c1-21-9-7-18-15(21)11-23-8-4-17(13-23)10-14(12-24-17)22(2)16-19-5-3-6-20-16/h3,5-7,9,14H,4,8,10-13H2,1-2H3/t14-,17+/m1/s1. The molecule has 4 rings (SSSR count). The van der Waals surface area contributed by atoms with Gasteiger partial charge in [0.15, 0.2) is 0 Å². The highest BCUT2D eigenvalue weighted by Crippen LogP contribution is 2.37. The van der Waals surface area contributed by atoms with Crippen LogP contribution in [-0.2, 0) is 18.3 Å². The van der Waals surface area contributed by atoms with Gasteiger partial charge in [-0.05, 0) is 12.5 Å². The first-order chi connectivity index (χ1) is 11.7. The van der Waals surface area contributed by atoms with E-state index in [0.717, 1.165) is 50.9 Å². The monoisotopic (exact) mass is 328 g/mol. The van der Waals surface area contributed by atoms with E-state index in [-0.39, 0.29) is 5.60 Å². The van der Waals surface area contributed by atoms with Crippen molar-refractivity contribution >= 4 is 5.95 Å². The summed E-state index contributed by atoms with van der Waals surface area (Å²) in [5.74, 6) is 1.88. The van der Waals surface area contributed by atoms with Gasteiger partial charge in [-0.3, -0.25) is 4.90 Å². The van der Waals surface area contributed by atoms with Gasteiger partial charge in [0.05, 0.1) is 24.8 Å². The fraction of sp³-hybridized carbons (Fsp3) is 0.588. The first kappa shape index (κ1) is 15.5. The maximum Gasteiger partial charge on any atom is 0.225 e. The van der Waals surface area contributed by atoms with Gasteiger partial charge in [-0.1, -0.05) is 0 Å². The number of ether oxygens (including phenoxy) is 1. The average Bonchev–Trinajstić information content (AvgIpc) is 3.31. The molecule has 0 radical (unpaired) electrons. The molecule has 7 heteroatoms. The maximum atomic E-state index is 6.27. The smallest absolute Gasteiger partial charge is 0.225 e. The van der Waals surface area contributed by atoms with Crippen molar-refractivity contribution in [3.63, 3.8) is 0 Å². The fourth-order valence-electron chi connectivity index (χ4n) is 3.80. The number of anilines is 1. The minimum absolute atomic E-state index is 0.0289. The molecule has 24 heavy (non-hydrogen) atoms. The second-order valence-electron chi connectivity index (χ2n) is 6.93.